The Morgan fingerprint density at radius 1 is 1.30 bits per heavy atom. The monoisotopic (exact) mass is 248 g/mol. The number of halogens is 3. The van der Waals surface area contributed by atoms with E-state index in [1.165, 1.54) is 0 Å². The number of hydrogen-bond acceptors (Lipinski definition) is 1. The molecule has 0 saturated heterocycles. The van der Waals surface area contributed by atoms with Gasteiger partial charge in [0.15, 0.2) is 0 Å². The molecule has 0 aromatic heterocycles. The molecule has 0 unspecified atom stereocenters. The topological polar surface area (TPSA) is 57.5 Å². The van der Waals surface area contributed by atoms with Crippen LogP contribution in [0.4, 0.5) is 13.6 Å². The van der Waals surface area contributed by atoms with Crippen molar-refractivity contribution >= 4 is 68.7 Å². The smallest absolute Gasteiger partial charge is 1.00 e. The maximum absolute atomic E-state index is 10.4. The van der Waals surface area contributed by atoms with Crippen molar-refractivity contribution in [3.05, 3.63) is 0 Å². The van der Waals surface area contributed by atoms with E-state index in [2.05, 4.69) is 0 Å². The van der Waals surface area contributed by atoms with Gasteiger partial charge in [-0.3, -0.25) is 19.2 Å². The van der Waals surface area contributed by atoms with E-state index in [-0.39, 0.29) is 129 Å². The number of hydrogen-bond donors (Lipinski definition) is 2. The van der Waals surface area contributed by atoms with Gasteiger partial charge < -0.3 is 7.13 Å². The van der Waals surface area contributed by atoms with Crippen LogP contribution >= 0.6 is 7.91 Å². The third-order valence-corrected chi connectivity index (χ3v) is 0. The van der Waals surface area contributed by atoms with Gasteiger partial charge in [0.2, 0.25) is 0 Å². The molecule has 10 heteroatoms. The fourth-order valence-corrected chi connectivity index (χ4v) is 0. The first-order valence-electron chi connectivity index (χ1n) is 0.752. The Hall–Kier alpha value is 3.60. The van der Waals surface area contributed by atoms with Crippen molar-refractivity contribution in [3.63, 3.8) is 0 Å². The van der Waals surface area contributed by atoms with Crippen molar-refractivity contribution in [2.45, 2.75) is 0 Å². The first-order chi connectivity index (χ1) is 2.00. The average Bonchev–Trinajstić information content (AvgIpc) is 0.722. The Balaban J connectivity index is -0.00000000178. The maximum atomic E-state index is 10.4. The van der Waals surface area contributed by atoms with Crippen LogP contribution in [0.25, 0.3) is 0 Å². The minimum absolute atomic E-state index is 0. The molecule has 0 rings (SSSR count). The minimum Gasteiger partial charge on any atom is -1.00 e. The third kappa shape index (κ3) is 101. The van der Waals surface area contributed by atoms with E-state index in [0.717, 1.165) is 0 Å². The average molecular weight is 249 g/mol. The van der Waals surface area contributed by atoms with Gasteiger partial charge in [-0.15, -0.1) is 4.20 Å². The molecule has 10 heavy (non-hydrogen) atoms. The fourth-order valence-electron chi connectivity index (χ4n) is 0. The van der Waals surface area contributed by atoms with Gasteiger partial charge in [-0.1, -0.05) is 0 Å². The zero-order chi connectivity index (χ0) is 4.50. The second kappa shape index (κ2) is 18.4. The molecule has 0 aromatic rings. The Morgan fingerprint density at radius 2 is 1.30 bits per heavy atom. The molecule has 3 nitrogen and oxygen atoms in total. The van der Waals surface area contributed by atoms with Crippen LogP contribution in [0, 0.1) is 0 Å². The predicted octanol–water partition coefficient (Wildman–Crippen LogP) is -2.84. The largest absolute Gasteiger partial charge is 2.00 e. The van der Waals surface area contributed by atoms with Crippen LogP contribution in [0.2, 0.25) is 0 Å². The minimum atomic E-state index is -5.14. The van der Waals surface area contributed by atoms with Gasteiger partial charge in [-0.05, 0) is 0 Å². The summed E-state index contributed by atoms with van der Waals surface area (Å²) in [7, 11) is -5.14. The van der Waals surface area contributed by atoms with Crippen LogP contribution in [-0.4, -0.2) is 70.6 Å². The van der Waals surface area contributed by atoms with Crippen LogP contribution in [0.15, 0.2) is 0 Å². The summed E-state index contributed by atoms with van der Waals surface area (Å²) in [5.74, 6) is 0. The zero-order valence-electron chi connectivity index (χ0n) is 10.4. The van der Waals surface area contributed by atoms with Gasteiger partial charge in [-0.2, -0.15) is 0 Å². The van der Waals surface area contributed by atoms with E-state index in [1.807, 2.05) is 0 Å². The molecule has 58 valence electrons. The molecule has 0 heterocycles. The Labute approximate surface area is 152 Å². The summed E-state index contributed by atoms with van der Waals surface area (Å²) in [6.45, 7) is 0. The maximum Gasteiger partial charge on any atom is 2.00 e. The second-order valence-electron chi connectivity index (χ2n) is 0.473. The first-order valence-corrected chi connectivity index (χ1v) is 2.25. The van der Waals surface area contributed by atoms with Gasteiger partial charge in [0.25, 0.3) is 0 Å². The summed E-state index contributed by atoms with van der Waals surface area (Å²) < 4.78 is 19.0. The van der Waals surface area contributed by atoms with E-state index >= 15 is 0 Å². The molecule has 0 atom stereocenters. The normalized spacial score (nSPS) is 5.90. The van der Waals surface area contributed by atoms with Crippen molar-refractivity contribution in [1.82, 2.24) is 0 Å². The van der Waals surface area contributed by atoms with Gasteiger partial charge in [0.1, 0.15) is 0 Å². The van der Waals surface area contributed by atoms with E-state index in [4.69, 9.17) is 14.4 Å². The zero-order valence-corrected chi connectivity index (χ0v) is 13.0. The van der Waals surface area contributed by atoms with Gasteiger partial charge in [-0.25, -0.2) is 4.57 Å². The molecule has 0 aromatic carbocycles. The molecule has 0 amide bonds. The third-order valence-electron chi connectivity index (χ3n) is 0. The molecule has 0 radical (unpaired) electrons. The Morgan fingerprint density at radius 3 is 1.30 bits per heavy atom. The summed E-state index contributed by atoms with van der Waals surface area (Å²) in [5.41, 5.74) is 0. The van der Waals surface area contributed by atoms with Crippen LogP contribution in [-0.2, 0) is 4.57 Å². The second-order valence-corrected chi connectivity index (χ2v) is 1.42. The Kier molecular flexibility index (Phi) is 68.8. The van der Waals surface area contributed by atoms with E-state index in [9.17, 15) is 4.20 Å². The first kappa shape index (κ1) is 37.4. The molecular formula is H9CaF3KMgO3P. The van der Waals surface area contributed by atoms with Crippen LogP contribution < -0.4 is 51.4 Å². The van der Waals surface area contributed by atoms with Crippen molar-refractivity contribution < 1.29 is 86.5 Å². The molecule has 0 saturated carbocycles. The standard InChI is InChI=1S/Ca.FH2O3P.2FH.K.Mg.5H/c;1-5(2,3)4;;;;;;;;;/h;(H2,2,3,4);2*1H;;;;;;;/q+2;;;;+1;+2;5*-1. The fraction of sp³-hybridized carbons (Fsp3) is 0. The predicted molar refractivity (Wildman–Crippen MR) is 35.2 cm³/mol. The summed E-state index contributed by atoms with van der Waals surface area (Å²) >= 11 is 0. The summed E-state index contributed by atoms with van der Waals surface area (Å²) in [4.78, 5) is 13.9. The van der Waals surface area contributed by atoms with E-state index < -0.39 is 7.91 Å². The van der Waals surface area contributed by atoms with Gasteiger partial charge in [0.05, 0.1) is 0 Å². The van der Waals surface area contributed by atoms with Crippen LogP contribution in [0.5, 0.6) is 0 Å². The van der Waals surface area contributed by atoms with Gasteiger partial charge >= 0.3 is 120 Å². The van der Waals surface area contributed by atoms with Gasteiger partial charge in [0, 0.05) is 0 Å². The SMILES string of the molecule is F.F.O=P(O)(O)F.[Ca+2].[H-].[H-].[H-].[H-].[H-].[K+].[Mg+2]. The molecule has 0 aliphatic rings. The molecular weight excluding hydrogens is 239 g/mol. The molecule has 0 bridgehead atoms. The van der Waals surface area contributed by atoms with Crippen molar-refractivity contribution in [2.75, 3.05) is 0 Å². The molecule has 2 N–H and O–H groups in total. The molecule has 0 aliphatic heterocycles. The summed E-state index contributed by atoms with van der Waals surface area (Å²) in [6.07, 6.45) is 0. The van der Waals surface area contributed by atoms with E-state index in [0.29, 0.717) is 0 Å². The van der Waals surface area contributed by atoms with Crippen molar-refractivity contribution in [1.29, 1.82) is 0 Å². The molecule has 0 fully saturated rings. The number of rotatable bonds is 0. The summed E-state index contributed by atoms with van der Waals surface area (Å²) in [5, 5.41) is 0. The molecule has 0 aliphatic carbocycles. The summed E-state index contributed by atoms with van der Waals surface area (Å²) in [6, 6.07) is 0. The van der Waals surface area contributed by atoms with E-state index in [1.54, 1.807) is 0 Å². The van der Waals surface area contributed by atoms with Crippen molar-refractivity contribution in [3.8, 4) is 0 Å². The van der Waals surface area contributed by atoms with Crippen LogP contribution in [0.1, 0.15) is 7.13 Å². The Bertz CT molecular complexity index is 83.7. The van der Waals surface area contributed by atoms with Crippen molar-refractivity contribution in [2.24, 2.45) is 0 Å². The molecule has 0 spiro atoms. The quantitative estimate of drug-likeness (QED) is 0.359. The van der Waals surface area contributed by atoms with Crippen LogP contribution in [0.3, 0.4) is 0 Å².